The molecule has 0 saturated heterocycles. The lowest BCUT2D eigenvalue weighted by Crippen LogP contribution is -2.32. The van der Waals surface area contributed by atoms with Crippen molar-refractivity contribution in [3.8, 4) is 0 Å². The number of nitrogens with zero attached hydrogens (tertiary/aromatic N) is 2. The second-order valence-corrected chi connectivity index (χ2v) is 9.01. The molecule has 0 aliphatic rings. The van der Waals surface area contributed by atoms with E-state index in [1.165, 1.54) is 19.2 Å². The Labute approximate surface area is 189 Å². The Morgan fingerprint density at radius 2 is 1.87 bits per heavy atom. The van der Waals surface area contributed by atoms with Crippen molar-refractivity contribution in [2.45, 2.75) is 31.8 Å². The van der Waals surface area contributed by atoms with E-state index in [1.807, 2.05) is 0 Å². The maximum Gasteiger partial charge on any atom is 0.338 e. The molecule has 1 aromatic carbocycles. The van der Waals surface area contributed by atoms with E-state index in [9.17, 15) is 22.4 Å². The van der Waals surface area contributed by atoms with Crippen LogP contribution in [0.2, 0.25) is 10.0 Å². The number of anilines is 1. The standard InChI is InChI=1S/C19H20Cl2FN3O5S/c1-4-25(5-2)31(28,29)16-8-12(6-7-15(16)22)19(27)30-11(3)18(26)24-17-14(21)9-13(20)10-23-17/h6-11H,4-5H2,1-3H3,(H,23,24,26). The van der Waals surface area contributed by atoms with Crippen molar-refractivity contribution < 1.29 is 27.1 Å². The summed E-state index contributed by atoms with van der Waals surface area (Å²) in [6, 6.07) is 4.18. The zero-order valence-corrected chi connectivity index (χ0v) is 19.2. The minimum Gasteiger partial charge on any atom is -0.449 e. The fourth-order valence-electron chi connectivity index (χ4n) is 2.54. The molecule has 31 heavy (non-hydrogen) atoms. The number of benzene rings is 1. The van der Waals surface area contributed by atoms with E-state index in [4.69, 9.17) is 27.9 Å². The normalized spacial score (nSPS) is 12.5. The second-order valence-electron chi connectivity index (χ2n) is 6.26. The molecule has 1 amide bonds. The van der Waals surface area contributed by atoms with Gasteiger partial charge in [-0.05, 0) is 31.2 Å². The zero-order valence-electron chi connectivity index (χ0n) is 16.9. The lowest BCUT2D eigenvalue weighted by atomic mass is 10.2. The summed E-state index contributed by atoms with van der Waals surface area (Å²) < 4.78 is 45.6. The number of rotatable bonds is 8. The van der Waals surface area contributed by atoms with Crippen LogP contribution in [0, 0.1) is 5.82 Å². The van der Waals surface area contributed by atoms with Crippen molar-refractivity contribution in [3.63, 3.8) is 0 Å². The summed E-state index contributed by atoms with van der Waals surface area (Å²) in [7, 11) is -4.14. The number of carbonyl (C=O) groups is 2. The van der Waals surface area contributed by atoms with Crippen LogP contribution in [0.3, 0.4) is 0 Å². The molecule has 1 atom stereocenters. The van der Waals surface area contributed by atoms with Gasteiger partial charge >= 0.3 is 5.97 Å². The molecular weight excluding hydrogens is 472 g/mol. The van der Waals surface area contributed by atoms with Gasteiger partial charge in [-0.2, -0.15) is 4.31 Å². The van der Waals surface area contributed by atoms with E-state index in [1.54, 1.807) is 13.8 Å². The van der Waals surface area contributed by atoms with Crippen LogP contribution in [-0.4, -0.2) is 48.8 Å². The Hall–Kier alpha value is -2.27. The van der Waals surface area contributed by atoms with Gasteiger partial charge in [0.1, 0.15) is 10.7 Å². The lowest BCUT2D eigenvalue weighted by Gasteiger charge is -2.19. The van der Waals surface area contributed by atoms with Crippen LogP contribution in [-0.2, 0) is 19.6 Å². The summed E-state index contributed by atoms with van der Waals surface area (Å²) in [6.07, 6.45) is -0.00948. The molecule has 168 valence electrons. The molecule has 1 N–H and O–H groups in total. The number of amides is 1. The summed E-state index contributed by atoms with van der Waals surface area (Å²) in [4.78, 5) is 27.9. The van der Waals surface area contributed by atoms with Gasteiger partial charge < -0.3 is 10.1 Å². The molecule has 1 heterocycles. The maximum absolute atomic E-state index is 14.2. The molecule has 0 fully saturated rings. The number of esters is 1. The Morgan fingerprint density at radius 3 is 2.45 bits per heavy atom. The molecule has 2 rings (SSSR count). The number of aromatic nitrogens is 1. The summed E-state index contributed by atoms with van der Waals surface area (Å²) in [5.74, 6) is -2.72. The van der Waals surface area contributed by atoms with Gasteiger partial charge in [-0.3, -0.25) is 4.79 Å². The molecule has 0 aliphatic carbocycles. The number of hydrogen-bond acceptors (Lipinski definition) is 6. The van der Waals surface area contributed by atoms with Crippen LogP contribution >= 0.6 is 23.2 Å². The highest BCUT2D eigenvalue weighted by molar-refractivity contribution is 7.89. The van der Waals surface area contributed by atoms with Crippen LogP contribution in [0.4, 0.5) is 10.2 Å². The van der Waals surface area contributed by atoms with Gasteiger partial charge in [0, 0.05) is 19.3 Å². The largest absolute Gasteiger partial charge is 0.449 e. The monoisotopic (exact) mass is 491 g/mol. The van der Waals surface area contributed by atoms with Crippen LogP contribution in [0.5, 0.6) is 0 Å². The van der Waals surface area contributed by atoms with E-state index in [0.29, 0.717) is 0 Å². The van der Waals surface area contributed by atoms with Crippen molar-refractivity contribution in [1.29, 1.82) is 0 Å². The first-order valence-electron chi connectivity index (χ1n) is 9.13. The van der Waals surface area contributed by atoms with Gasteiger partial charge in [0.05, 0.1) is 15.6 Å². The van der Waals surface area contributed by atoms with Gasteiger partial charge in [-0.25, -0.2) is 22.6 Å². The first-order valence-corrected chi connectivity index (χ1v) is 11.3. The Balaban J connectivity index is 2.19. The molecular formula is C19H20Cl2FN3O5S. The van der Waals surface area contributed by atoms with E-state index >= 15 is 0 Å². The topological polar surface area (TPSA) is 106 Å². The van der Waals surface area contributed by atoms with Crippen molar-refractivity contribution in [3.05, 3.63) is 51.9 Å². The van der Waals surface area contributed by atoms with Gasteiger partial charge in [0.15, 0.2) is 11.9 Å². The fraction of sp³-hybridized carbons (Fsp3) is 0.316. The van der Waals surface area contributed by atoms with Gasteiger partial charge in [0.25, 0.3) is 5.91 Å². The van der Waals surface area contributed by atoms with Crippen molar-refractivity contribution in [2.75, 3.05) is 18.4 Å². The van der Waals surface area contributed by atoms with Gasteiger partial charge in [-0.15, -0.1) is 0 Å². The van der Waals surface area contributed by atoms with Crippen molar-refractivity contribution in [1.82, 2.24) is 9.29 Å². The first kappa shape index (κ1) is 25.0. The third-order valence-corrected chi connectivity index (χ3v) is 6.75. The second kappa shape index (κ2) is 10.4. The Morgan fingerprint density at radius 1 is 1.23 bits per heavy atom. The summed E-state index contributed by atoms with van der Waals surface area (Å²) in [5, 5.41) is 2.75. The van der Waals surface area contributed by atoms with Gasteiger partial charge in [-0.1, -0.05) is 37.0 Å². The number of nitrogens with one attached hydrogen (secondary N) is 1. The van der Waals surface area contributed by atoms with Gasteiger partial charge in [0.2, 0.25) is 10.0 Å². The van der Waals surface area contributed by atoms with Crippen LogP contribution in [0.1, 0.15) is 31.1 Å². The molecule has 0 spiro atoms. The Bertz CT molecular complexity index is 1090. The third-order valence-electron chi connectivity index (χ3n) is 4.19. The number of hydrogen-bond donors (Lipinski definition) is 1. The molecule has 1 unspecified atom stereocenters. The molecule has 2 aromatic rings. The first-order chi connectivity index (χ1) is 14.5. The highest BCUT2D eigenvalue weighted by atomic mass is 35.5. The third kappa shape index (κ3) is 5.91. The predicted molar refractivity (Wildman–Crippen MR) is 114 cm³/mol. The lowest BCUT2D eigenvalue weighted by molar-refractivity contribution is -0.123. The summed E-state index contributed by atoms with van der Waals surface area (Å²) >= 11 is 11.7. The molecule has 12 heteroatoms. The number of ether oxygens (including phenoxy) is 1. The zero-order chi connectivity index (χ0) is 23.3. The average Bonchev–Trinajstić information content (AvgIpc) is 2.70. The van der Waals surface area contributed by atoms with Crippen LogP contribution in [0.25, 0.3) is 0 Å². The van der Waals surface area contributed by atoms with Crippen LogP contribution < -0.4 is 5.32 Å². The predicted octanol–water partition coefficient (Wildman–Crippen LogP) is 3.74. The number of sulfonamides is 1. The summed E-state index contributed by atoms with van der Waals surface area (Å²) in [6.45, 7) is 4.78. The van der Waals surface area contributed by atoms with Crippen molar-refractivity contribution in [2.24, 2.45) is 0 Å². The van der Waals surface area contributed by atoms with E-state index in [-0.39, 0.29) is 34.5 Å². The average molecular weight is 492 g/mol. The van der Waals surface area contributed by atoms with Crippen LogP contribution in [0.15, 0.2) is 35.4 Å². The van der Waals surface area contributed by atoms with E-state index < -0.39 is 38.7 Å². The molecule has 0 radical (unpaired) electrons. The maximum atomic E-state index is 14.2. The molecule has 0 aliphatic heterocycles. The molecule has 8 nitrogen and oxygen atoms in total. The smallest absolute Gasteiger partial charge is 0.338 e. The molecule has 0 saturated carbocycles. The van der Waals surface area contributed by atoms with E-state index in [2.05, 4.69) is 10.3 Å². The minimum absolute atomic E-state index is 0.0216. The quantitative estimate of drug-likeness (QED) is 0.563. The van der Waals surface area contributed by atoms with E-state index in [0.717, 1.165) is 22.5 Å². The SMILES string of the molecule is CCN(CC)S(=O)(=O)c1cc(C(=O)OC(C)C(=O)Nc2ncc(Cl)cc2Cl)ccc1F. The highest BCUT2D eigenvalue weighted by Crippen LogP contribution is 2.24. The highest BCUT2D eigenvalue weighted by Gasteiger charge is 2.27. The summed E-state index contributed by atoms with van der Waals surface area (Å²) in [5.41, 5.74) is -0.227. The number of halogens is 3. The Kier molecular flexibility index (Phi) is 8.35. The van der Waals surface area contributed by atoms with Crippen molar-refractivity contribution >= 4 is 50.9 Å². The fourth-order valence-corrected chi connectivity index (χ4v) is 4.51. The molecule has 0 bridgehead atoms. The number of pyridine rings is 1. The number of carbonyl (C=O) groups excluding carboxylic acids is 2. The molecule has 1 aromatic heterocycles. The minimum atomic E-state index is -4.14.